The molecule has 1 heterocycles. The second kappa shape index (κ2) is 6.54. The Balaban J connectivity index is 2.30. The smallest absolute Gasteiger partial charge is 0.341 e. The molecule has 0 saturated heterocycles. The number of carbonyl (C=O) groups excluding carboxylic acids is 1. The first kappa shape index (κ1) is 14.6. The van der Waals surface area contributed by atoms with E-state index in [9.17, 15) is 4.79 Å². The molecule has 1 aromatic heterocycles. The normalized spacial score (nSPS) is 10.5. The second-order valence-electron chi connectivity index (χ2n) is 4.32. The Morgan fingerprint density at radius 1 is 1.25 bits per heavy atom. The lowest BCUT2D eigenvalue weighted by Gasteiger charge is -2.06. The van der Waals surface area contributed by atoms with E-state index in [1.807, 2.05) is 29.6 Å². The van der Waals surface area contributed by atoms with E-state index < -0.39 is 5.97 Å². The molecule has 0 bridgehead atoms. The maximum atomic E-state index is 11.8. The largest absolute Gasteiger partial charge is 0.465 e. The minimum absolute atomic E-state index is 0.401. The molecular formula is C15H17NO3S. The fraction of sp³-hybridized carbons (Fsp3) is 0.267. The van der Waals surface area contributed by atoms with Crippen molar-refractivity contribution in [3.63, 3.8) is 0 Å². The van der Waals surface area contributed by atoms with Crippen LogP contribution >= 0.6 is 11.3 Å². The highest BCUT2D eigenvalue weighted by Crippen LogP contribution is 2.34. The maximum Gasteiger partial charge on any atom is 0.341 e. The number of nitrogens with two attached hydrogens (primary N) is 1. The number of hydrogen-bond acceptors (Lipinski definition) is 5. The quantitative estimate of drug-likeness (QED) is 0.860. The van der Waals surface area contributed by atoms with Gasteiger partial charge in [-0.15, -0.1) is 11.3 Å². The zero-order valence-electron chi connectivity index (χ0n) is 11.5. The van der Waals surface area contributed by atoms with Gasteiger partial charge in [0.15, 0.2) is 0 Å². The average Bonchev–Trinajstić information content (AvgIpc) is 2.86. The van der Waals surface area contributed by atoms with Gasteiger partial charge in [0.1, 0.15) is 10.6 Å². The lowest BCUT2D eigenvalue weighted by atomic mass is 10.0. The van der Waals surface area contributed by atoms with Gasteiger partial charge in [-0.25, -0.2) is 4.79 Å². The van der Waals surface area contributed by atoms with Gasteiger partial charge in [-0.05, 0) is 17.5 Å². The van der Waals surface area contributed by atoms with E-state index >= 15 is 0 Å². The van der Waals surface area contributed by atoms with Gasteiger partial charge in [0.05, 0.1) is 13.7 Å². The van der Waals surface area contributed by atoms with Crippen LogP contribution < -0.4 is 5.73 Å². The Kier molecular flexibility index (Phi) is 4.76. The van der Waals surface area contributed by atoms with Crippen molar-refractivity contribution in [2.24, 2.45) is 0 Å². The van der Waals surface area contributed by atoms with E-state index in [0.29, 0.717) is 17.2 Å². The first-order valence-corrected chi connectivity index (χ1v) is 7.09. The first-order valence-electron chi connectivity index (χ1n) is 6.21. The standard InChI is InChI=1S/C15H17NO3S/c1-18-8-7-10-3-5-11(6-4-10)12-9-20-14(16)13(12)15(17)19-2/h3-6,9H,7-8,16H2,1-2H3. The van der Waals surface area contributed by atoms with Gasteiger partial charge in [0.2, 0.25) is 0 Å². The summed E-state index contributed by atoms with van der Waals surface area (Å²) in [5.74, 6) is -0.401. The van der Waals surface area contributed by atoms with E-state index in [2.05, 4.69) is 0 Å². The number of thiophene rings is 1. The third kappa shape index (κ3) is 3.00. The molecule has 2 N–H and O–H groups in total. The van der Waals surface area contributed by atoms with Crippen LogP contribution in [0.3, 0.4) is 0 Å². The predicted molar refractivity (Wildman–Crippen MR) is 81.1 cm³/mol. The summed E-state index contributed by atoms with van der Waals surface area (Å²) < 4.78 is 9.84. The molecule has 4 nitrogen and oxygen atoms in total. The molecular weight excluding hydrogens is 274 g/mol. The van der Waals surface area contributed by atoms with Gasteiger partial charge in [-0.2, -0.15) is 0 Å². The van der Waals surface area contributed by atoms with Crippen molar-refractivity contribution in [3.05, 3.63) is 40.8 Å². The van der Waals surface area contributed by atoms with E-state index in [-0.39, 0.29) is 0 Å². The second-order valence-corrected chi connectivity index (χ2v) is 5.23. The van der Waals surface area contributed by atoms with Crippen molar-refractivity contribution >= 4 is 22.3 Å². The summed E-state index contributed by atoms with van der Waals surface area (Å²) in [6.45, 7) is 0.693. The molecule has 0 aliphatic rings. The van der Waals surface area contributed by atoms with Gasteiger partial charge < -0.3 is 15.2 Å². The summed E-state index contributed by atoms with van der Waals surface area (Å²) in [5.41, 5.74) is 9.27. The molecule has 20 heavy (non-hydrogen) atoms. The highest BCUT2D eigenvalue weighted by molar-refractivity contribution is 7.14. The number of benzene rings is 1. The lowest BCUT2D eigenvalue weighted by molar-refractivity contribution is 0.0603. The van der Waals surface area contributed by atoms with Crippen LogP contribution in [0.25, 0.3) is 11.1 Å². The van der Waals surface area contributed by atoms with E-state index in [4.69, 9.17) is 15.2 Å². The molecule has 0 aliphatic heterocycles. The molecule has 0 amide bonds. The van der Waals surface area contributed by atoms with Crippen LogP contribution in [0.1, 0.15) is 15.9 Å². The summed E-state index contributed by atoms with van der Waals surface area (Å²) in [6.07, 6.45) is 0.867. The number of anilines is 1. The fourth-order valence-electron chi connectivity index (χ4n) is 1.97. The Bertz CT molecular complexity index is 590. The molecule has 0 unspecified atom stereocenters. The Morgan fingerprint density at radius 2 is 1.95 bits per heavy atom. The summed E-state index contributed by atoms with van der Waals surface area (Å²) in [6, 6.07) is 8.03. The number of carbonyl (C=O) groups is 1. The molecule has 0 spiro atoms. The highest BCUT2D eigenvalue weighted by Gasteiger charge is 2.18. The van der Waals surface area contributed by atoms with Gasteiger partial charge in [0, 0.05) is 18.1 Å². The van der Waals surface area contributed by atoms with Gasteiger partial charge in [0.25, 0.3) is 0 Å². The Labute approximate surface area is 122 Å². The molecule has 0 aliphatic carbocycles. The Morgan fingerprint density at radius 3 is 2.55 bits per heavy atom. The molecule has 106 valence electrons. The number of ether oxygens (including phenoxy) is 2. The highest BCUT2D eigenvalue weighted by atomic mass is 32.1. The average molecular weight is 291 g/mol. The number of nitrogen functional groups attached to an aromatic ring is 1. The zero-order chi connectivity index (χ0) is 14.5. The number of hydrogen-bond donors (Lipinski definition) is 1. The third-order valence-corrected chi connectivity index (χ3v) is 3.88. The van der Waals surface area contributed by atoms with Gasteiger partial charge in [-0.3, -0.25) is 0 Å². The molecule has 2 rings (SSSR count). The third-order valence-electron chi connectivity index (χ3n) is 3.07. The van der Waals surface area contributed by atoms with E-state index in [1.165, 1.54) is 24.0 Å². The minimum atomic E-state index is -0.401. The van der Waals surface area contributed by atoms with Crippen molar-refractivity contribution in [1.29, 1.82) is 0 Å². The van der Waals surface area contributed by atoms with E-state index in [1.54, 1.807) is 7.11 Å². The van der Waals surface area contributed by atoms with Gasteiger partial charge >= 0.3 is 5.97 Å². The molecule has 0 radical (unpaired) electrons. The van der Waals surface area contributed by atoms with Crippen LogP contribution in [0, 0.1) is 0 Å². The fourth-order valence-corrected chi connectivity index (χ4v) is 2.78. The van der Waals surface area contributed by atoms with Crippen molar-refractivity contribution in [2.45, 2.75) is 6.42 Å². The first-order chi connectivity index (χ1) is 9.67. The lowest BCUT2D eigenvalue weighted by Crippen LogP contribution is -2.04. The van der Waals surface area contributed by atoms with Crippen molar-refractivity contribution < 1.29 is 14.3 Å². The summed E-state index contributed by atoms with van der Waals surface area (Å²) in [7, 11) is 3.04. The SMILES string of the molecule is COCCc1ccc(-c2csc(N)c2C(=O)OC)cc1. The maximum absolute atomic E-state index is 11.8. The molecule has 2 aromatic rings. The van der Waals surface area contributed by atoms with E-state index in [0.717, 1.165) is 17.5 Å². The van der Waals surface area contributed by atoms with Crippen LogP contribution in [0.2, 0.25) is 0 Å². The molecule has 5 heteroatoms. The topological polar surface area (TPSA) is 61.5 Å². The van der Waals surface area contributed by atoms with Crippen LogP contribution in [0.15, 0.2) is 29.6 Å². The molecule has 0 saturated carbocycles. The van der Waals surface area contributed by atoms with Crippen LogP contribution in [0.5, 0.6) is 0 Å². The minimum Gasteiger partial charge on any atom is -0.465 e. The van der Waals surface area contributed by atoms with Crippen LogP contribution in [-0.2, 0) is 15.9 Å². The number of rotatable bonds is 5. The monoisotopic (exact) mass is 291 g/mol. The predicted octanol–water partition coefficient (Wildman–Crippen LogP) is 2.97. The summed E-state index contributed by atoms with van der Waals surface area (Å²) in [4.78, 5) is 11.8. The summed E-state index contributed by atoms with van der Waals surface area (Å²) >= 11 is 1.34. The van der Waals surface area contributed by atoms with Crippen LogP contribution in [0.4, 0.5) is 5.00 Å². The molecule has 0 fully saturated rings. The number of methoxy groups -OCH3 is 2. The van der Waals surface area contributed by atoms with Crippen molar-refractivity contribution in [2.75, 3.05) is 26.6 Å². The zero-order valence-corrected chi connectivity index (χ0v) is 12.3. The number of esters is 1. The Hall–Kier alpha value is -1.85. The molecule has 0 atom stereocenters. The van der Waals surface area contributed by atoms with Crippen molar-refractivity contribution in [3.8, 4) is 11.1 Å². The summed E-state index contributed by atoms with van der Waals surface area (Å²) in [5, 5.41) is 2.36. The van der Waals surface area contributed by atoms with Crippen LogP contribution in [-0.4, -0.2) is 26.8 Å². The van der Waals surface area contributed by atoms with Gasteiger partial charge in [-0.1, -0.05) is 24.3 Å². The van der Waals surface area contributed by atoms with Crippen molar-refractivity contribution in [1.82, 2.24) is 0 Å². The molecule has 1 aromatic carbocycles.